The summed E-state index contributed by atoms with van der Waals surface area (Å²) in [6, 6.07) is 23.9. The van der Waals surface area contributed by atoms with Gasteiger partial charge in [-0.05, 0) is 117 Å². The molecule has 0 saturated carbocycles. The van der Waals surface area contributed by atoms with E-state index < -0.39 is 12.1 Å². The molecule has 0 spiro atoms. The number of aliphatic hydroxyl groups excluding tert-OH is 2. The van der Waals surface area contributed by atoms with Crippen molar-refractivity contribution in [3.05, 3.63) is 124 Å². The van der Waals surface area contributed by atoms with E-state index in [0.29, 0.717) is 63.0 Å². The Bertz CT molecular complexity index is 2550. The van der Waals surface area contributed by atoms with Crippen LogP contribution in [-0.4, -0.2) is 152 Å². The van der Waals surface area contributed by atoms with Crippen molar-refractivity contribution < 1.29 is 47.8 Å². The Hall–Kier alpha value is 2.25. The van der Waals surface area contributed by atoms with E-state index in [-0.39, 0.29) is 74.4 Å². The third-order valence-electron chi connectivity index (χ3n) is 13.8. The van der Waals surface area contributed by atoms with Gasteiger partial charge in [0.15, 0.2) is 0 Å². The minimum Gasteiger partial charge on any atom is -0.392 e. The first-order valence-corrected chi connectivity index (χ1v) is 89.0. The third kappa shape index (κ3) is 28.1. The number of piperidine rings is 2. The first-order valence-electron chi connectivity index (χ1n) is 26.1. The second kappa shape index (κ2) is 41.6. The average molecular weight is 2360 g/mol. The summed E-state index contributed by atoms with van der Waals surface area (Å²) in [7, 11) is -1.16. The molecule has 2 atom stereocenters. The van der Waals surface area contributed by atoms with Crippen molar-refractivity contribution in [1.82, 2.24) is 34.9 Å². The number of nitrogens with two attached hydrogens (primary N) is 1. The van der Waals surface area contributed by atoms with Crippen LogP contribution in [0.3, 0.4) is 0 Å². The molecule has 0 bridgehead atoms. The Morgan fingerprint density at radius 1 is 0.704 bits per heavy atom. The molecule has 4 aromatic rings. The van der Waals surface area contributed by atoms with Gasteiger partial charge < -0.3 is 41.5 Å². The molecule has 4 aliphatic rings. The summed E-state index contributed by atoms with van der Waals surface area (Å²) < 4.78 is 0. The number of rotatable bonds is 19. The third-order valence-corrected chi connectivity index (χ3v) is 592. The van der Waals surface area contributed by atoms with Crippen LogP contribution in [0.15, 0.2) is 85.2 Å². The number of nitrogens with one attached hydrogen (secondary N) is 2. The molecule has 458 valence electrons. The van der Waals surface area contributed by atoms with E-state index in [1.165, 1.54) is 40.6 Å². The fourth-order valence-corrected chi connectivity index (χ4v) is 1060. The first kappa shape index (κ1) is 75.7. The normalized spacial score (nSPS) is 17.0. The number of likely N-dealkylation sites (tertiary alicyclic amines) is 2. The van der Waals surface area contributed by atoms with Crippen molar-refractivity contribution in [2.24, 2.45) is 11.7 Å². The maximum atomic E-state index is 12.6. The molecule has 8 rings (SSSR count). The second-order valence-electron chi connectivity index (χ2n) is 19.5. The summed E-state index contributed by atoms with van der Waals surface area (Å²) in [5, 5.41) is 35.3. The number of β-amino-alcohol motifs (C(OH)–C–C–N with tert-alkyl or cyclic N) is 2. The largest absolute Gasteiger partial charge is 0.392 e. The molecule has 81 heavy (non-hydrogen) atoms. The molecular weight excluding hydrogens is 2280 g/mol. The maximum absolute atomic E-state index is 12.6. The van der Waals surface area contributed by atoms with E-state index in [9.17, 15) is 29.4 Å². The van der Waals surface area contributed by atoms with Gasteiger partial charge >= 0.3 is 162 Å². The SMILES string of the molecule is C.CC(=O)N1CCC(Cc2cc(C(=O)NCCC(O)CN3CCc4ccccc4C3)ccn2)CC1.CC(=O)N1CCC(Nc2cc(C(=O)O)ccn2)CC1.I[I-]I(I)I(I)I(I)I(I)I.NCCC(O)CN1CCc2ccccc2C1. The predicted molar refractivity (Wildman–Crippen MR) is 413 cm³/mol. The van der Waals surface area contributed by atoms with Crippen LogP contribution in [-0.2, 0) is 41.9 Å². The number of carboxylic acid groups (broad SMARTS) is 1. The van der Waals surface area contributed by atoms with Crippen molar-refractivity contribution in [3.8, 4) is 0 Å². The van der Waals surface area contributed by atoms with E-state index in [4.69, 9.17) is 10.8 Å². The molecule has 7 N–H and O–H groups in total. The Kier molecular flexibility index (Phi) is 38.9. The molecule has 0 radical (unpaired) electrons. The number of carbonyl (C=O) groups excluding carboxylic acids is 3. The number of anilines is 1. The van der Waals surface area contributed by atoms with Crippen LogP contribution in [0, 0.1) is 5.92 Å². The molecule has 2 saturated heterocycles. The van der Waals surface area contributed by atoms with Gasteiger partial charge in [-0.25, -0.2) is 9.78 Å². The standard InChI is InChI=1S/C27H36N4O3.C13H17N3O3.C13H20N2O.CH4.I11/c1-20(32)31-14-8-21(9-15-31)16-25-17-23(6-11-28-25)27(34)29-12-7-26(33)19-30-13-10-22-4-2-3-5-24(22)18-30;1-9(17)16-6-3-11(4-7-16)15-12-8-10(13(18)19)2-5-14-12;14-7-5-13(16)10-15-8-6-11-3-1-2-4-12(11)9-15;;1-7-9(4)11(6)10(5)8(2)3/h2-6,11,17,21,26,33H,7-10,12-16,18-19H2,1H3,(H,29,34);2,5,8,11H,3-4,6-7H2,1H3,(H,14,15)(H,18,19);1-4,13,16H,5-10,14H2;1H4;/q;;;;-1. The summed E-state index contributed by atoms with van der Waals surface area (Å²) in [5.74, 6) is 0.205. The van der Waals surface area contributed by atoms with Gasteiger partial charge in [-0.2, -0.15) is 0 Å². The summed E-state index contributed by atoms with van der Waals surface area (Å²) >= 11 is 17.8. The quantitative estimate of drug-likeness (QED) is 0.0482. The van der Waals surface area contributed by atoms with Crippen LogP contribution in [0.4, 0.5) is 5.82 Å². The number of aliphatic hydroxyl groups is 2. The Morgan fingerprint density at radius 2 is 1.21 bits per heavy atom. The Labute approximate surface area is 562 Å². The Balaban J connectivity index is 0.000000254. The number of hydrogen-bond acceptors (Lipinski definition) is 12. The number of carbonyl (C=O) groups is 4. The number of aromatic nitrogens is 2. The van der Waals surface area contributed by atoms with Crippen LogP contribution < -0.4 is 29.6 Å². The fourth-order valence-electron chi connectivity index (χ4n) is 9.59. The van der Waals surface area contributed by atoms with Gasteiger partial charge in [-0.1, -0.05) is 56.0 Å². The smallest absolute Gasteiger partial charge is 0.0679 e. The maximum Gasteiger partial charge on any atom is 0.0679 e. The number of hydrogen-bond donors (Lipinski definition) is 6. The van der Waals surface area contributed by atoms with Crippen molar-refractivity contribution in [2.45, 2.75) is 110 Å². The molecule has 27 heteroatoms. The minimum absolute atomic E-state index is 0. The van der Waals surface area contributed by atoms with Gasteiger partial charge in [0.25, 0.3) is 5.91 Å². The zero-order valence-corrected chi connectivity index (χ0v) is 68.4. The number of fused-ring (bicyclic) bond motifs is 2. The van der Waals surface area contributed by atoms with Crippen LogP contribution in [0.1, 0.15) is 108 Å². The number of carboxylic acids is 1. The fraction of sp³-hybridized carbons (Fsp3) is 0.519. The van der Waals surface area contributed by atoms with Crippen molar-refractivity contribution in [1.29, 1.82) is 0 Å². The zero-order chi connectivity index (χ0) is 58.1. The number of aromatic carboxylic acids is 1. The van der Waals surface area contributed by atoms with E-state index in [2.05, 4.69) is 191 Å². The zero-order valence-electron chi connectivity index (χ0n) is 44.6. The molecule has 16 nitrogen and oxygen atoms in total. The van der Waals surface area contributed by atoms with Crippen LogP contribution in [0.25, 0.3) is 0 Å². The van der Waals surface area contributed by atoms with Gasteiger partial charge in [0.2, 0.25) is 11.8 Å². The average Bonchev–Trinajstić information content (AvgIpc) is 3.46. The number of benzene rings is 2. The molecule has 3 amide bonds. The van der Waals surface area contributed by atoms with E-state index in [1.807, 2.05) is 15.9 Å². The molecule has 2 fully saturated rings. The van der Waals surface area contributed by atoms with Gasteiger partial charge in [-0.3, -0.25) is 29.2 Å². The molecule has 2 aromatic carbocycles. The number of nitrogens with zero attached hydrogens (tertiary/aromatic N) is 6. The van der Waals surface area contributed by atoms with Crippen molar-refractivity contribution in [2.75, 3.05) is 70.8 Å². The number of amides is 3. The summed E-state index contributed by atoms with van der Waals surface area (Å²) in [5.41, 5.74) is 12.8. The van der Waals surface area contributed by atoms with E-state index in [0.717, 1.165) is 110 Å². The second-order valence-corrected chi connectivity index (χ2v) is 231. The Morgan fingerprint density at radius 3 is 1.72 bits per heavy atom. The molecular formula is C54H77I11N9O7-. The summed E-state index contributed by atoms with van der Waals surface area (Å²) in [4.78, 5) is 63.1. The van der Waals surface area contributed by atoms with Crippen LogP contribution >= 0.6 is 143 Å². The topological polar surface area (TPSA) is 218 Å². The number of halogens is 11. The monoisotopic (exact) mass is 2360 g/mol. The minimum atomic E-state index is -0.961. The van der Waals surface area contributed by atoms with E-state index >= 15 is 0 Å². The van der Waals surface area contributed by atoms with Gasteiger partial charge in [-0.15, -0.1) is 0 Å². The van der Waals surface area contributed by atoms with Crippen LogP contribution in [0.5, 0.6) is 0 Å². The van der Waals surface area contributed by atoms with Crippen molar-refractivity contribution in [3.63, 3.8) is 0 Å². The molecule has 2 aromatic heterocycles. The molecule has 2 unspecified atom stereocenters. The summed E-state index contributed by atoms with van der Waals surface area (Å²) in [6.45, 7) is 12.4. The predicted octanol–water partition coefficient (Wildman–Crippen LogP) is 10.9. The van der Waals surface area contributed by atoms with Crippen LogP contribution in [0.2, 0.25) is 0 Å². The number of pyridine rings is 2. The first-order chi connectivity index (χ1) is 38.3. The van der Waals surface area contributed by atoms with E-state index in [1.54, 1.807) is 26.1 Å². The van der Waals surface area contributed by atoms with Gasteiger partial charge in [0, 0.05) is 116 Å². The van der Waals surface area contributed by atoms with Crippen molar-refractivity contribution >= 4 is 173 Å². The summed E-state index contributed by atoms with van der Waals surface area (Å²) in [6.07, 6.45) is 10.2. The van der Waals surface area contributed by atoms with Gasteiger partial charge in [0.1, 0.15) is 5.82 Å². The molecule has 0 aliphatic carbocycles. The molecule has 4 aliphatic heterocycles. The molecule has 6 heterocycles. The van der Waals surface area contributed by atoms with Gasteiger partial charge in [0.05, 0.1) is 17.8 Å².